The number of aryl methyl sites for hydroxylation is 1. The molecule has 0 bridgehead atoms. The van der Waals surface area contributed by atoms with Crippen molar-refractivity contribution in [3.8, 4) is 5.75 Å². The molecule has 5 nitrogen and oxygen atoms in total. The molecule has 6 heteroatoms. The molecule has 0 aliphatic carbocycles. The summed E-state index contributed by atoms with van der Waals surface area (Å²) in [6.45, 7) is 5.78. The molecule has 4 aromatic rings. The second-order valence-electron chi connectivity index (χ2n) is 8.69. The molecule has 1 aromatic heterocycles. The van der Waals surface area contributed by atoms with E-state index in [1.807, 2.05) is 36.4 Å². The lowest BCUT2D eigenvalue weighted by Gasteiger charge is -2.13. The van der Waals surface area contributed by atoms with Crippen LogP contribution in [0.15, 0.2) is 85.5 Å². The van der Waals surface area contributed by atoms with Gasteiger partial charge in [-0.3, -0.25) is 4.79 Å². The molecule has 1 heterocycles. The van der Waals surface area contributed by atoms with Crippen molar-refractivity contribution in [1.29, 1.82) is 0 Å². The molecule has 0 radical (unpaired) electrons. The molecule has 4 rings (SSSR count). The lowest BCUT2D eigenvalue weighted by Crippen LogP contribution is -2.24. The minimum atomic E-state index is -0.0889. The first-order valence-electron chi connectivity index (χ1n) is 12.4. The average molecular weight is 502 g/mol. The van der Waals surface area contributed by atoms with Crippen LogP contribution in [0.2, 0.25) is 5.02 Å². The SMILES string of the molecule is C=CCc1ccccc1OCCn1c(CCCCCNC(=O)c2cccc(Cl)c2)nc2ccccc21. The van der Waals surface area contributed by atoms with E-state index in [4.69, 9.17) is 21.3 Å². The van der Waals surface area contributed by atoms with Crippen LogP contribution in [0, 0.1) is 0 Å². The van der Waals surface area contributed by atoms with Gasteiger partial charge in [-0.2, -0.15) is 0 Å². The highest BCUT2D eigenvalue weighted by Gasteiger charge is 2.11. The summed E-state index contributed by atoms with van der Waals surface area (Å²) in [4.78, 5) is 17.1. The molecule has 0 saturated heterocycles. The minimum absolute atomic E-state index is 0.0889. The van der Waals surface area contributed by atoms with Gasteiger partial charge in [-0.1, -0.05) is 60.5 Å². The maximum absolute atomic E-state index is 12.3. The lowest BCUT2D eigenvalue weighted by atomic mass is 10.1. The Labute approximate surface area is 217 Å². The fourth-order valence-corrected chi connectivity index (χ4v) is 4.49. The zero-order valence-electron chi connectivity index (χ0n) is 20.5. The number of carbonyl (C=O) groups is 1. The summed E-state index contributed by atoms with van der Waals surface area (Å²) in [5.41, 5.74) is 3.87. The number of aromatic nitrogens is 2. The smallest absolute Gasteiger partial charge is 0.251 e. The number of benzene rings is 3. The first-order chi connectivity index (χ1) is 17.7. The second kappa shape index (κ2) is 12.9. The number of hydrogen-bond acceptors (Lipinski definition) is 3. The molecular weight excluding hydrogens is 470 g/mol. The van der Waals surface area contributed by atoms with Crippen LogP contribution in [-0.4, -0.2) is 28.6 Å². The van der Waals surface area contributed by atoms with Gasteiger partial charge in [0, 0.05) is 23.6 Å². The van der Waals surface area contributed by atoms with Crippen molar-refractivity contribution in [2.45, 2.75) is 38.6 Å². The highest BCUT2D eigenvalue weighted by molar-refractivity contribution is 6.30. The molecular formula is C30H32ClN3O2. The van der Waals surface area contributed by atoms with Crippen LogP contribution < -0.4 is 10.1 Å². The van der Waals surface area contributed by atoms with E-state index in [0.29, 0.717) is 23.7 Å². The van der Waals surface area contributed by atoms with Crippen molar-refractivity contribution >= 4 is 28.5 Å². The summed E-state index contributed by atoms with van der Waals surface area (Å²) >= 11 is 5.97. The Bertz CT molecular complexity index is 1310. The molecule has 0 fully saturated rings. The molecule has 0 aliphatic rings. The molecule has 3 aromatic carbocycles. The molecule has 0 unspecified atom stereocenters. The van der Waals surface area contributed by atoms with Gasteiger partial charge in [-0.25, -0.2) is 4.98 Å². The first-order valence-corrected chi connectivity index (χ1v) is 12.8. The number of imidazole rings is 1. The van der Waals surface area contributed by atoms with E-state index in [1.54, 1.807) is 24.3 Å². The molecule has 0 spiro atoms. The summed E-state index contributed by atoms with van der Waals surface area (Å²) in [5.74, 6) is 1.89. The Morgan fingerprint density at radius 1 is 1.03 bits per heavy atom. The molecule has 0 aliphatic heterocycles. The molecule has 186 valence electrons. The van der Waals surface area contributed by atoms with E-state index in [2.05, 4.69) is 34.7 Å². The van der Waals surface area contributed by atoms with E-state index in [0.717, 1.165) is 66.8 Å². The van der Waals surface area contributed by atoms with Crippen LogP contribution in [-0.2, 0) is 19.4 Å². The summed E-state index contributed by atoms with van der Waals surface area (Å²) in [6, 6.07) is 23.4. The third-order valence-corrected chi connectivity index (χ3v) is 6.33. The number of allylic oxidation sites excluding steroid dienone is 1. The van der Waals surface area contributed by atoms with Gasteiger partial charge >= 0.3 is 0 Å². The standard InChI is InChI=1S/C30H32ClN3O2/c1-2-11-23-12-5-8-17-28(23)36-21-20-34-27-16-7-6-15-26(27)33-29(34)18-4-3-9-19-32-30(35)24-13-10-14-25(31)22-24/h2,5-8,10,12-17,22H,1,3-4,9,11,18-21H2,(H,32,35). The average Bonchev–Trinajstić information content (AvgIpc) is 3.24. The number of carbonyl (C=O) groups excluding carboxylic acids is 1. The molecule has 0 saturated carbocycles. The van der Waals surface area contributed by atoms with E-state index in [1.165, 1.54) is 0 Å². The minimum Gasteiger partial charge on any atom is -0.491 e. The number of amides is 1. The molecule has 36 heavy (non-hydrogen) atoms. The largest absolute Gasteiger partial charge is 0.491 e. The van der Waals surface area contributed by atoms with E-state index in [9.17, 15) is 4.79 Å². The topological polar surface area (TPSA) is 56.1 Å². The second-order valence-corrected chi connectivity index (χ2v) is 9.13. The number of para-hydroxylation sites is 3. The van der Waals surface area contributed by atoms with Crippen molar-refractivity contribution < 1.29 is 9.53 Å². The van der Waals surface area contributed by atoms with Gasteiger partial charge in [0.25, 0.3) is 5.91 Å². The van der Waals surface area contributed by atoms with Crippen molar-refractivity contribution in [1.82, 2.24) is 14.9 Å². The van der Waals surface area contributed by atoms with Gasteiger partial charge < -0.3 is 14.6 Å². The van der Waals surface area contributed by atoms with Crippen LogP contribution in [0.4, 0.5) is 0 Å². The Balaban J connectivity index is 1.29. The maximum atomic E-state index is 12.3. The van der Waals surface area contributed by atoms with Crippen LogP contribution >= 0.6 is 11.6 Å². The zero-order valence-corrected chi connectivity index (χ0v) is 21.2. The number of rotatable bonds is 13. The third kappa shape index (κ3) is 6.76. The third-order valence-electron chi connectivity index (χ3n) is 6.09. The molecule has 1 N–H and O–H groups in total. The Hall–Kier alpha value is -3.57. The normalized spacial score (nSPS) is 10.9. The Kier molecular flexibility index (Phi) is 9.17. The van der Waals surface area contributed by atoms with Gasteiger partial charge in [0.1, 0.15) is 18.2 Å². The highest BCUT2D eigenvalue weighted by atomic mass is 35.5. The van der Waals surface area contributed by atoms with Gasteiger partial charge in [-0.15, -0.1) is 6.58 Å². The van der Waals surface area contributed by atoms with Crippen molar-refractivity contribution in [3.05, 3.63) is 107 Å². The van der Waals surface area contributed by atoms with Gasteiger partial charge in [0.05, 0.1) is 17.6 Å². The van der Waals surface area contributed by atoms with Crippen LogP contribution in [0.3, 0.4) is 0 Å². The zero-order chi connectivity index (χ0) is 25.2. The Morgan fingerprint density at radius 3 is 2.72 bits per heavy atom. The number of nitrogens with one attached hydrogen (secondary N) is 1. The van der Waals surface area contributed by atoms with E-state index in [-0.39, 0.29) is 5.91 Å². The summed E-state index contributed by atoms with van der Waals surface area (Å²) in [6.07, 6.45) is 6.48. The summed E-state index contributed by atoms with van der Waals surface area (Å²) < 4.78 is 8.42. The van der Waals surface area contributed by atoms with Crippen LogP contribution in [0.5, 0.6) is 5.75 Å². The van der Waals surface area contributed by atoms with E-state index < -0.39 is 0 Å². The van der Waals surface area contributed by atoms with Crippen molar-refractivity contribution in [3.63, 3.8) is 0 Å². The lowest BCUT2D eigenvalue weighted by molar-refractivity contribution is 0.0953. The van der Waals surface area contributed by atoms with Crippen molar-refractivity contribution in [2.24, 2.45) is 0 Å². The van der Waals surface area contributed by atoms with Crippen LogP contribution in [0.1, 0.15) is 41.0 Å². The maximum Gasteiger partial charge on any atom is 0.251 e. The number of hydrogen-bond donors (Lipinski definition) is 1. The fraction of sp³-hybridized carbons (Fsp3) is 0.267. The number of unbranched alkanes of at least 4 members (excludes halogenated alkanes) is 2. The number of ether oxygens (including phenoxy) is 1. The number of halogens is 1. The summed E-state index contributed by atoms with van der Waals surface area (Å²) in [5, 5.41) is 3.54. The fourth-order valence-electron chi connectivity index (χ4n) is 4.30. The first kappa shape index (κ1) is 25.5. The Morgan fingerprint density at radius 2 is 1.86 bits per heavy atom. The van der Waals surface area contributed by atoms with E-state index >= 15 is 0 Å². The van der Waals surface area contributed by atoms with Crippen molar-refractivity contribution in [2.75, 3.05) is 13.2 Å². The summed E-state index contributed by atoms with van der Waals surface area (Å²) in [7, 11) is 0. The number of fused-ring (bicyclic) bond motifs is 1. The van der Waals surface area contributed by atoms with Gasteiger partial charge in [0.15, 0.2) is 0 Å². The quantitative estimate of drug-likeness (QED) is 0.165. The van der Waals surface area contributed by atoms with Crippen LogP contribution in [0.25, 0.3) is 11.0 Å². The highest BCUT2D eigenvalue weighted by Crippen LogP contribution is 2.21. The predicted molar refractivity (Wildman–Crippen MR) is 147 cm³/mol. The predicted octanol–water partition coefficient (Wildman–Crippen LogP) is 6.64. The van der Waals surface area contributed by atoms with Gasteiger partial charge in [0.2, 0.25) is 0 Å². The van der Waals surface area contributed by atoms with Gasteiger partial charge in [-0.05, 0) is 61.2 Å². The monoisotopic (exact) mass is 501 g/mol. The molecule has 1 amide bonds. The molecule has 0 atom stereocenters. The number of nitrogens with zero attached hydrogens (tertiary/aromatic N) is 2.